The number of urea groups is 1. The van der Waals surface area contributed by atoms with Crippen molar-refractivity contribution in [3.63, 3.8) is 0 Å². The number of hydrogen-bond acceptors (Lipinski definition) is 5. The maximum atomic E-state index is 13.1. The van der Waals surface area contributed by atoms with Crippen molar-refractivity contribution in [2.75, 3.05) is 18.5 Å². The Labute approximate surface area is 224 Å². The summed E-state index contributed by atoms with van der Waals surface area (Å²) < 4.78 is 0. The number of nitrogens with one attached hydrogen (secondary N) is 1. The Hall–Kier alpha value is -2.65. The summed E-state index contributed by atoms with van der Waals surface area (Å²) in [5.41, 5.74) is 2.44. The van der Waals surface area contributed by atoms with Crippen molar-refractivity contribution in [3.8, 4) is 0 Å². The van der Waals surface area contributed by atoms with E-state index < -0.39 is 36.2 Å². The average Bonchev–Trinajstić information content (AvgIpc) is 2.75. The molecule has 1 aliphatic heterocycles. The monoisotopic (exact) mass is 491 g/mol. The Kier molecular flexibility index (Phi) is 9.88. The van der Waals surface area contributed by atoms with Crippen molar-refractivity contribution in [2.45, 2.75) is 25.8 Å². The number of aliphatic carboxylic acids is 1. The van der Waals surface area contributed by atoms with E-state index in [0.29, 0.717) is 22.7 Å². The molecule has 0 radical (unpaired) electrons. The first kappa shape index (κ1) is 27.6. The molecule has 8 nitrogen and oxygen atoms in total. The van der Waals surface area contributed by atoms with E-state index in [9.17, 15) is 24.3 Å². The first-order valence-corrected chi connectivity index (χ1v) is 10.6. The molecule has 1 N–H and O–H groups in total. The number of halogens is 1. The zero-order chi connectivity index (χ0) is 24.1. The van der Waals surface area contributed by atoms with Crippen molar-refractivity contribution < 1.29 is 53.8 Å². The number of nitrogens with zero attached hydrogens (tertiary/aromatic N) is 2. The van der Waals surface area contributed by atoms with Crippen molar-refractivity contribution >= 4 is 41.0 Å². The van der Waals surface area contributed by atoms with E-state index in [4.69, 9.17) is 11.6 Å². The van der Waals surface area contributed by atoms with Gasteiger partial charge < -0.3 is 20.1 Å². The maximum Gasteiger partial charge on any atom is 1.00 e. The second kappa shape index (κ2) is 12.2. The van der Waals surface area contributed by atoms with Gasteiger partial charge in [-0.05, 0) is 48.7 Å². The minimum Gasteiger partial charge on any atom is -0.550 e. The molecule has 3 amide bonds. The summed E-state index contributed by atoms with van der Waals surface area (Å²) in [6.07, 6.45) is 1.53. The molecule has 1 aliphatic rings. The Morgan fingerprint density at radius 2 is 1.76 bits per heavy atom. The molecular weight excluding hydrogens is 469 g/mol. The molecule has 0 fully saturated rings. The molecular formula is C24H23ClN3NaO5. The molecule has 0 saturated carbocycles. The summed E-state index contributed by atoms with van der Waals surface area (Å²) >= 11 is 6.07. The first-order valence-electron chi connectivity index (χ1n) is 10.3. The van der Waals surface area contributed by atoms with Crippen LogP contribution in [0.2, 0.25) is 5.02 Å². The molecule has 34 heavy (non-hydrogen) atoms. The van der Waals surface area contributed by atoms with E-state index in [1.165, 1.54) is 18.1 Å². The van der Waals surface area contributed by atoms with E-state index in [0.717, 1.165) is 16.0 Å². The zero-order valence-electron chi connectivity index (χ0n) is 19.2. The third kappa shape index (κ3) is 6.70. The third-order valence-electron chi connectivity index (χ3n) is 5.17. The number of carbonyl (C=O) groups is 4. The fourth-order valence-corrected chi connectivity index (χ4v) is 3.82. The van der Waals surface area contributed by atoms with Crippen molar-refractivity contribution in [2.24, 2.45) is 0 Å². The summed E-state index contributed by atoms with van der Waals surface area (Å²) in [5, 5.41) is 13.8. The molecule has 1 heterocycles. The van der Waals surface area contributed by atoms with E-state index in [-0.39, 0.29) is 36.1 Å². The number of amides is 3. The Morgan fingerprint density at radius 3 is 2.41 bits per heavy atom. The van der Waals surface area contributed by atoms with Crippen LogP contribution in [0.1, 0.15) is 24.5 Å². The fourth-order valence-electron chi connectivity index (χ4n) is 3.61. The quantitative estimate of drug-likeness (QED) is 0.391. The van der Waals surface area contributed by atoms with Gasteiger partial charge in [0.25, 0.3) is 5.91 Å². The third-order valence-corrected chi connectivity index (χ3v) is 5.41. The first-order chi connectivity index (χ1) is 15.7. The number of carboxylic acids is 1. The normalized spacial score (nSPS) is 15.3. The number of hydrogen-bond donors (Lipinski definition) is 1. The van der Waals surface area contributed by atoms with Crippen LogP contribution in [0.3, 0.4) is 0 Å². The summed E-state index contributed by atoms with van der Waals surface area (Å²) in [5.74, 6) is -2.40. The molecule has 10 heteroatoms. The minimum absolute atomic E-state index is 0. The van der Waals surface area contributed by atoms with Crippen LogP contribution >= 0.6 is 11.6 Å². The van der Waals surface area contributed by atoms with Gasteiger partial charge in [-0.25, -0.2) is 4.79 Å². The van der Waals surface area contributed by atoms with Crippen LogP contribution in [0.5, 0.6) is 0 Å². The van der Waals surface area contributed by atoms with Crippen LogP contribution in [0.15, 0.2) is 60.3 Å². The molecule has 0 bridgehead atoms. The largest absolute Gasteiger partial charge is 1.00 e. The van der Waals surface area contributed by atoms with Crippen LogP contribution in [-0.4, -0.2) is 48.2 Å². The average molecular weight is 492 g/mol. The van der Waals surface area contributed by atoms with Crippen LogP contribution < -0.4 is 44.9 Å². The van der Waals surface area contributed by atoms with Crippen molar-refractivity contribution in [1.82, 2.24) is 10.2 Å². The van der Waals surface area contributed by atoms with Gasteiger partial charge in [0.05, 0.1) is 0 Å². The number of anilines is 1. The van der Waals surface area contributed by atoms with Crippen LogP contribution in [0, 0.1) is 0 Å². The summed E-state index contributed by atoms with van der Waals surface area (Å²) in [4.78, 5) is 52.0. The van der Waals surface area contributed by atoms with E-state index >= 15 is 0 Å². The topological polar surface area (TPSA) is 110 Å². The van der Waals surface area contributed by atoms with Gasteiger partial charge in [-0.15, -0.1) is 0 Å². The van der Waals surface area contributed by atoms with Gasteiger partial charge in [0.1, 0.15) is 0 Å². The van der Waals surface area contributed by atoms with Gasteiger partial charge >= 0.3 is 35.6 Å². The summed E-state index contributed by atoms with van der Waals surface area (Å²) in [6, 6.07) is 12.1. The number of benzene rings is 2. The van der Waals surface area contributed by atoms with Gasteiger partial charge in [0.2, 0.25) is 0 Å². The van der Waals surface area contributed by atoms with Gasteiger partial charge in [-0.2, -0.15) is 0 Å². The second-order valence-corrected chi connectivity index (χ2v) is 8.17. The SMILES string of the molecule is CC1=CN(C)C(=O)C(N(C(=O)NCCC(=O)[O-])c2cccc(Cc3cccc(Cl)c3)c2)C1=O.[Na+]. The number of likely N-dealkylation sites (N-methyl/N-ethyl adjacent to an activating group) is 1. The molecule has 3 rings (SSSR count). The Bertz CT molecular complexity index is 1140. The minimum atomic E-state index is -1.41. The molecule has 0 aromatic heterocycles. The van der Waals surface area contributed by atoms with Gasteiger partial charge in [0.15, 0.2) is 11.8 Å². The molecule has 1 unspecified atom stereocenters. The maximum absolute atomic E-state index is 13.1. The summed E-state index contributed by atoms with van der Waals surface area (Å²) in [6.45, 7) is 1.36. The summed E-state index contributed by atoms with van der Waals surface area (Å²) in [7, 11) is 1.51. The smallest absolute Gasteiger partial charge is 0.550 e. The fraction of sp³-hybridized carbons (Fsp3) is 0.250. The molecule has 0 spiro atoms. The van der Waals surface area contributed by atoms with Crippen molar-refractivity contribution in [1.29, 1.82) is 0 Å². The number of carboxylic acid groups (broad SMARTS) is 1. The predicted octanol–water partition coefficient (Wildman–Crippen LogP) is -1.10. The molecule has 2 aromatic rings. The number of Topliss-reactive ketones (excluding diaryl/α,β-unsaturated/α-hetero) is 1. The van der Waals surface area contributed by atoms with Gasteiger partial charge in [0, 0.05) is 48.5 Å². The van der Waals surface area contributed by atoms with E-state index in [1.807, 2.05) is 24.3 Å². The van der Waals surface area contributed by atoms with E-state index in [2.05, 4.69) is 5.32 Å². The molecule has 0 aliphatic carbocycles. The molecule has 2 aromatic carbocycles. The molecule has 172 valence electrons. The predicted molar refractivity (Wildman–Crippen MR) is 122 cm³/mol. The number of carbonyl (C=O) groups excluding carboxylic acids is 4. The zero-order valence-corrected chi connectivity index (χ0v) is 22.0. The second-order valence-electron chi connectivity index (χ2n) is 7.73. The Balaban J connectivity index is 0.00000408. The Morgan fingerprint density at radius 1 is 1.12 bits per heavy atom. The van der Waals surface area contributed by atoms with Gasteiger partial charge in [-0.1, -0.05) is 35.9 Å². The molecule has 0 saturated heterocycles. The van der Waals surface area contributed by atoms with Gasteiger partial charge in [-0.3, -0.25) is 14.5 Å². The number of rotatable bonds is 7. The molecule has 1 atom stereocenters. The van der Waals surface area contributed by atoms with Crippen LogP contribution in [-0.2, 0) is 20.8 Å². The van der Waals surface area contributed by atoms with Crippen LogP contribution in [0.25, 0.3) is 0 Å². The van der Waals surface area contributed by atoms with Crippen molar-refractivity contribution in [3.05, 3.63) is 76.5 Å². The van der Waals surface area contributed by atoms with Crippen LogP contribution in [0.4, 0.5) is 10.5 Å². The standard InChI is InChI=1S/C24H24ClN3O5.Na/c1-15-14-27(2)23(32)21(22(15)31)28(24(33)26-10-9-20(29)30)19-8-4-6-17(13-19)11-16-5-3-7-18(25)12-16;/h3-8,12-14,21H,9-11H2,1-2H3,(H,26,33)(H,29,30);/q;+1/p-1. The number of ketones is 1. The van der Waals surface area contributed by atoms with E-state index in [1.54, 1.807) is 31.2 Å².